The molecule has 0 radical (unpaired) electrons. The number of hydrogen-bond acceptors (Lipinski definition) is 4. The average Bonchev–Trinajstić information content (AvgIpc) is 2.77. The van der Waals surface area contributed by atoms with Crippen molar-refractivity contribution < 1.29 is 14.7 Å². The van der Waals surface area contributed by atoms with Crippen molar-refractivity contribution in [2.45, 2.75) is 13.8 Å². The lowest BCUT2D eigenvalue weighted by Crippen LogP contribution is -2.57. The van der Waals surface area contributed by atoms with Crippen molar-refractivity contribution in [2.24, 2.45) is 0 Å². The van der Waals surface area contributed by atoms with Crippen LogP contribution in [0.1, 0.15) is 16.7 Å². The van der Waals surface area contributed by atoms with Crippen LogP contribution in [0.25, 0.3) is 6.08 Å². The molecular weight excluding hydrogens is 488 g/mol. The number of aromatic hydroxyl groups is 1. The van der Waals surface area contributed by atoms with Crippen LogP contribution in [0.15, 0.2) is 76.8 Å². The molecule has 0 aliphatic carbocycles. The summed E-state index contributed by atoms with van der Waals surface area (Å²) in [6, 6.07) is 19.4. The van der Waals surface area contributed by atoms with Gasteiger partial charge >= 0.3 is 0 Å². The minimum absolute atomic E-state index is 0.0294. The zero-order valence-corrected chi connectivity index (χ0v) is 19.8. The number of para-hydroxylation sites is 1. The van der Waals surface area contributed by atoms with Crippen LogP contribution >= 0.6 is 28.1 Å². The maximum absolute atomic E-state index is 13.5. The van der Waals surface area contributed by atoms with E-state index in [0.29, 0.717) is 21.4 Å². The molecular formula is C25H19BrN2O3S. The first-order valence-corrected chi connectivity index (χ1v) is 11.0. The van der Waals surface area contributed by atoms with Crippen molar-refractivity contribution in [2.75, 3.05) is 9.80 Å². The zero-order valence-electron chi connectivity index (χ0n) is 17.4. The van der Waals surface area contributed by atoms with Crippen molar-refractivity contribution in [1.82, 2.24) is 0 Å². The first-order valence-electron chi connectivity index (χ1n) is 9.83. The normalized spacial score (nSPS) is 15.6. The van der Waals surface area contributed by atoms with E-state index in [9.17, 15) is 14.7 Å². The van der Waals surface area contributed by atoms with Crippen molar-refractivity contribution in [3.8, 4) is 5.75 Å². The summed E-state index contributed by atoms with van der Waals surface area (Å²) in [4.78, 5) is 29.8. The molecule has 2 amide bonds. The molecule has 1 aliphatic heterocycles. The molecule has 0 aromatic heterocycles. The number of aryl methyl sites for hydroxylation is 2. The Kier molecular flexibility index (Phi) is 5.95. The van der Waals surface area contributed by atoms with E-state index in [1.54, 1.807) is 24.3 Å². The van der Waals surface area contributed by atoms with Crippen molar-refractivity contribution in [3.63, 3.8) is 0 Å². The van der Waals surface area contributed by atoms with E-state index < -0.39 is 11.8 Å². The molecule has 4 rings (SSSR count). The van der Waals surface area contributed by atoms with Crippen LogP contribution in [0.2, 0.25) is 0 Å². The molecule has 0 unspecified atom stereocenters. The summed E-state index contributed by atoms with van der Waals surface area (Å²) in [5.41, 5.74) is 3.82. The second kappa shape index (κ2) is 8.68. The first-order chi connectivity index (χ1) is 15.3. The molecule has 0 atom stereocenters. The molecule has 1 fully saturated rings. The summed E-state index contributed by atoms with van der Waals surface area (Å²) in [6.45, 7) is 3.95. The van der Waals surface area contributed by atoms with Crippen molar-refractivity contribution >= 4 is 62.5 Å². The van der Waals surface area contributed by atoms with Crippen LogP contribution in [0.4, 0.5) is 11.4 Å². The monoisotopic (exact) mass is 506 g/mol. The van der Waals surface area contributed by atoms with Gasteiger partial charge in [-0.2, -0.15) is 0 Å². The summed E-state index contributed by atoms with van der Waals surface area (Å²) in [5.74, 6) is -0.938. The third-order valence-electron chi connectivity index (χ3n) is 5.30. The highest BCUT2D eigenvalue weighted by molar-refractivity contribution is 9.10. The predicted molar refractivity (Wildman–Crippen MR) is 134 cm³/mol. The Bertz CT molecular complexity index is 1290. The lowest BCUT2D eigenvalue weighted by atomic mass is 10.0. The molecule has 7 heteroatoms. The fraction of sp³-hybridized carbons (Fsp3) is 0.0800. The number of rotatable bonds is 3. The largest absolute Gasteiger partial charge is 0.507 e. The van der Waals surface area contributed by atoms with Crippen LogP contribution in [0.3, 0.4) is 0 Å². The van der Waals surface area contributed by atoms with Gasteiger partial charge in [-0.1, -0.05) is 30.3 Å². The second-order valence-corrected chi connectivity index (χ2v) is 8.66. The molecule has 5 nitrogen and oxygen atoms in total. The van der Waals surface area contributed by atoms with Crippen molar-refractivity contribution in [1.29, 1.82) is 0 Å². The SMILES string of the molecule is Cc1ccc(N2C(=O)/C(=C\c3ccc(O)c(Br)c3)C(=O)N(c3ccccc3)C2=S)cc1C. The van der Waals surface area contributed by atoms with Gasteiger partial charge < -0.3 is 5.11 Å². The van der Waals surface area contributed by atoms with Gasteiger partial charge in [0.15, 0.2) is 5.11 Å². The van der Waals surface area contributed by atoms with Gasteiger partial charge in [-0.15, -0.1) is 0 Å². The molecule has 3 aromatic carbocycles. The van der Waals surface area contributed by atoms with Crippen LogP contribution < -0.4 is 9.80 Å². The highest BCUT2D eigenvalue weighted by Gasteiger charge is 2.41. The third kappa shape index (κ3) is 3.97. The fourth-order valence-electron chi connectivity index (χ4n) is 3.41. The summed E-state index contributed by atoms with van der Waals surface area (Å²) in [7, 11) is 0. The number of carbonyl (C=O) groups is 2. The highest BCUT2D eigenvalue weighted by atomic mass is 79.9. The van der Waals surface area contributed by atoms with Gasteiger partial charge in [-0.3, -0.25) is 19.4 Å². The molecule has 0 spiro atoms. The molecule has 3 aromatic rings. The molecule has 0 bridgehead atoms. The number of phenolic OH excluding ortho intramolecular Hbond substituents is 1. The van der Waals surface area contributed by atoms with E-state index in [0.717, 1.165) is 11.1 Å². The lowest BCUT2D eigenvalue weighted by Gasteiger charge is -2.36. The van der Waals surface area contributed by atoms with Gasteiger partial charge in [0.05, 0.1) is 15.8 Å². The van der Waals surface area contributed by atoms with E-state index in [1.165, 1.54) is 21.9 Å². The summed E-state index contributed by atoms with van der Waals surface area (Å²) < 4.78 is 0.462. The number of nitrogens with zero attached hydrogens (tertiary/aromatic N) is 2. The molecule has 1 saturated heterocycles. The molecule has 1 heterocycles. The number of anilines is 2. The van der Waals surface area contributed by atoms with Crippen LogP contribution in [0, 0.1) is 13.8 Å². The number of phenols is 1. The van der Waals surface area contributed by atoms with Crippen LogP contribution in [0.5, 0.6) is 5.75 Å². The van der Waals surface area contributed by atoms with Crippen LogP contribution in [-0.2, 0) is 9.59 Å². The Morgan fingerprint density at radius 2 is 1.50 bits per heavy atom. The van der Waals surface area contributed by atoms with E-state index in [1.807, 2.05) is 50.2 Å². The fourth-order valence-corrected chi connectivity index (χ4v) is 4.18. The maximum Gasteiger partial charge on any atom is 0.270 e. The van der Waals surface area contributed by atoms with E-state index in [-0.39, 0.29) is 16.4 Å². The van der Waals surface area contributed by atoms with Gasteiger partial charge in [-0.25, -0.2) is 0 Å². The number of thiocarbonyl (C=S) groups is 1. The number of carbonyl (C=O) groups excluding carboxylic acids is 2. The highest BCUT2D eigenvalue weighted by Crippen LogP contribution is 2.32. The number of benzene rings is 3. The van der Waals surface area contributed by atoms with Gasteiger partial charge in [0, 0.05) is 0 Å². The Balaban J connectivity index is 1.88. The first kappa shape index (κ1) is 21.9. The summed E-state index contributed by atoms with van der Waals surface area (Å²) in [6.07, 6.45) is 1.51. The minimum Gasteiger partial charge on any atom is -0.507 e. The molecule has 0 saturated carbocycles. The Morgan fingerprint density at radius 1 is 0.844 bits per heavy atom. The Hall–Kier alpha value is -3.29. The zero-order chi connectivity index (χ0) is 23.0. The number of amides is 2. The summed E-state index contributed by atoms with van der Waals surface area (Å²) in [5, 5.41) is 9.88. The van der Waals surface area contributed by atoms with E-state index in [2.05, 4.69) is 15.9 Å². The Morgan fingerprint density at radius 3 is 2.12 bits per heavy atom. The lowest BCUT2D eigenvalue weighted by molar-refractivity contribution is -0.120. The second-order valence-electron chi connectivity index (χ2n) is 7.44. The number of hydrogen-bond donors (Lipinski definition) is 1. The number of halogens is 1. The van der Waals surface area contributed by atoms with E-state index >= 15 is 0 Å². The van der Waals surface area contributed by atoms with E-state index in [4.69, 9.17) is 12.2 Å². The van der Waals surface area contributed by atoms with Gasteiger partial charge in [-0.05, 0) is 101 Å². The predicted octanol–water partition coefficient (Wildman–Crippen LogP) is 5.52. The topological polar surface area (TPSA) is 60.9 Å². The smallest absolute Gasteiger partial charge is 0.270 e. The molecule has 160 valence electrons. The van der Waals surface area contributed by atoms with Crippen LogP contribution in [-0.4, -0.2) is 22.0 Å². The Labute approximate surface area is 199 Å². The third-order valence-corrected chi connectivity index (χ3v) is 6.30. The quantitative estimate of drug-likeness (QED) is 0.288. The standard InChI is InChI=1S/C25H19BrN2O3S/c1-15-8-10-19(12-16(15)2)28-24(31)20(13-17-9-11-22(29)21(26)14-17)23(30)27(25(28)32)18-6-4-3-5-7-18/h3-14,29H,1-2H3/b20-13-. The summed E-state index contributed by atoms with van der Waals surface area (Å²) >= 11 is 8.91. The van der Waals surface area contributed by atoms with Gasteiger partial charge in [0.1, 0.15) is 11.3 Å². The minimum atomic E-state index is -0.504. The van der Waals surface area contributed by atoms with Crippen molar-refractivity contribution in [3.05, 3.63) is 93.5 Å². The maximum atomic E-state index is 13.5. The van der Waals surface area contributed by atoms with Gasteiger partial charge in [0.2, 0.25) is 0 Å². The molecule has 1 aliphatic rings. The molecule has 1 N–H and O–H groups in total. The average molecular weight is 507 g/mol. The molecule has 32 heavy (non-hydrogen) atoms. The van der Waals surface area contributed by atoms with Gasteiger partial charge in [0.25, 0.3) is 11.8 Å².